The number of nitrogens with one attached hydrogen (secondary N) is 2. The van der Waals surface area contributed by atoms with Crippen molar-refractivity contribution in [2.75, 3.05) is 10.9 Å². The number of thiazole rings is 1. The van der Waals surface area contributed by atoms with Gasteiger partial charge in [0, 0.05) is 16.3 Å². The van der Waals surface area contributed by atoms with Gasteiger partial charge in [-0.1, -0.05) is 36.4 Å². The van der Waals surface area contributed by atoms with E-state index in [0.29, 0.717) is 0 Å². The molecule has 0 spiro atoms. The Morgan fingerprint density at radius 1 is 0.957 bits per heavy atom. The van der Waals surface area contributed by atoms with Crippen LogP contribution in [0.4, 0.5) is 10.8 Å². The minimum atomic E-state index is 0.795. The van der Waals surface area contributed by atoms with Gasteiger partial charge in [-0.15, -0.1) is 11.3 Å². The smallest absolute Gasteiger partial charge is 0.202 e. The quantitative estimate of drug-likeness (QED) is 0.501. The first kappa shape index (κ1) is 13.8. The minimum Gasteiger partial charge on any atom is -0.454 e. The molecule has 0 aliphatic rings. The molecular formula is C18H15N3OS. The number of nitrogens with zero attached hydrogens (tertiary/aromatic N) is 1. The summed E-state index contributed by atoms with van der Waals surface area (Å²) in [5.41, 5.74) is 10.1. The fourth-order valence-electron chi connectivity index (χ4n) is 2.50. The molecule has 0 bridgehead atoms. The third-order valence-corrected chi connectivity index (χ3v) is 4.43. The summed E-state index contributed by atoms with van der Waals surface area (Å²) in [6.45, 7) is 2.07. The summed E-state index contributed by atoms with van der Waals surface area (Å²) in [5.74, 6) is 0.829. The first-order chi connectivity index (χ1) is 11.3. The van der Waals surface area contributed by atoms with Crippen LogP contribution in [0.5, 0.6) is 0 Å². The van der Waals surface area contributed by atoms with Crippen molar-refractivity contribution >= 4 is 33.1 Å². The number of hydrazine groups is 1. The van der Waals surface area contributed by atoms with Crippen LogP contribution in [-0.4, -0.2) is 4.98 Å². The van der Waals surface area contributed by atoms with E-state index in [0.717, 1.165) is 38.8 Å². The third kappa shape index (κ3) is 2.66. The van der Waals surface area contributed by atoms with Crippen molar-refractivity contribution in [2.45, 2.75) is 6.92 Å². The zero-order chi connectivity index (χ0) is 15.6. The Balaban J connectivity index is 1.58. The fraction of sp³-hybridized carbons (Fsp3) is 0.0556. The molecule has 0 radical (unpaired) electrons. The minimum absolute atomic E-state index is 0.795. The van der Waals surface area contributed by atoms with Crippen LogP contribution < -0.4 is 10.9 Å². The summed E-state index contributed by atoms with van der Waals surface area (Å²) >= 11 is 1.54. The Bertz CT molecular complexity index is 943. The molecule has 114 valence electrons. The highest BCUT2D eigenvalue weighted by atomic mass is 32.1. The van der Waals surface area contributed by atoms with Crippen LogP contribution >= 0.6 is 11.3 Å². The largest absolute Gasteiger partial charge is 0.454 e. The Morgan fingerprint density at radius 3 is 2.57 bits per heavy atom. The lowest BCUT2D eigenvalue weighted by Gasteiger charge is -2.05. The van der Waals surface area contributed by atoms with E-state index in [1.54, 1.807) is 0 Å². The number of aromatic nitrogens is 1. The third-order valence-electron chi connectivity index (χ3n) is 3.67. The van der Waals surface area contributed by atoms with E-state index < -0.39 is 0 Å². The second-order valence-corrected chi connectivity index (χ2v) is 6.06. The lowest BCUT2D eigenvalue weighted by Crippen LogP contribution is -2.07. The molecule has 0 aliphatic heterocycles. The molecule has 0 unspecified atom stereocenters. The second kappa shape index (κ2) is 5.78. The highest BCUT2D eigenvalue weighted by Crippen LogP contribution is 2.34. The normalized spacial score (nSPS) is 10.8. The summed E-state index contributed by atoms with van der Waals surface area (Å²) in [6, 6.07) is 18.0. The summed E-state index contributed by atoms with van der Waals surface area (Å²) in [6.07, 6.45) is 0. The highest BCUT2D eigenvalue weighted by molar-refractivity contribution is 7.14. The maximum Gasteiger partial charge on any atom is 0.202 e. The molecule has 0 amide bonds. The van der Waals surface area contributed by atoms with E-state index in [-0.39, 0.29) is 0 Å². The Labute approximate surface area is 137 Å². The molecule has 5 heteroatoms. The van der Waals surface area contributed by atoms with Gasteiger partial charge in [-0.2, -0.15) is 0 Å². The van der Waals surface area contributed by atoms with E-state index in [4.69, 9.17) is 4.42 Å². The first-order valence-corrected chi connectivity index (χ1v) is 8.20. The number of para-hydroxylation sites is 2. The van der Waals surface area contributed by atoms with E-state index in [1.165, 1.54) is 11.3 Å². The number of anilines is 2. The molecule has 2 aromatic carbocycles. The number of aryl methyl sites for hydroxylation is 1. The van der Waals surface area contributed by atoms with Gasteiger partial charge in [-0.25, -0.2) is 4.98 Å². The van der Waals surface area contributed by atoms with Crippen LogP contribution in [0.3, 0.4) is 0 Å². The van der Waals surface area contributed by atoms with Gasteiger partial charge < -0.3 is 4.42 Å². The monoisotopic (exact) mass is 321 g/mol. The molecule has 4 aromatic rings. The number of hydrogen-bond donors (Lipinski definition) is 2. The van der Waals surface area contributed by atoms with Gasteiger partial charge in [0.05, 0.1) is 5.69 Å². The molecule has 0 saturated carbocycles. The van der Waals surface area contributed by atoms with Crippen molar-refractivity contribution in [3.05, 3.63) is 65.5 Å². The molecule has 0 atom stereocenters. The molecule has 0 aliphatic carbocycles. The summed E-state index contributed by atoms with van der Waals surface area (Å²) in [4.78, 5) is 4.60. The maximum atomic E-state index is 5.96. The topological polar surface area (TPSA) is 50.1 Å². The molecular weight excluding hydrogens is 306 g/mol. The van der Waals surface area contributed by atoms with Gasteiger partial charge in [-0.3, -0.25) is 10.9 Å². The molecule has 2 aromatic heterocycles. The summed E-state index contributed by atoms with van der Waals surface area (Å²) in [7, 11) is 0. The maximum absolute atomic E-state index is 5.96. The molecule has 4 nitrogen and oxygen atoms in total. The van der Waals surface area contributed by atoms with E-state index in [1.807, 2.05) is 53.9 Å². The number of benzene rings is 2. The summed E-state index contributed by atoms with van der Waals surface area (Å²) < 4.78 is 5.96. The molecule has 0 fully saturated rings. The van der Waals surface area contributed by atoms with Crippen molar-refractivity contribution in [1.82, 2.24) is 4.98 Å². The van der Waals surface area contributed by atoms with E-state index in [9.17, 15) is 0 Å². The van der Waals surface area contributed by atoms with Gasteiger partial charge >= 0.3 is 0 Å². The van der Waals surface area contributed by atoms with Gasteiger partial charge in [0.1, 0.15) is 11.3 Å². The number of hydrogen-bond acceptors (Lipinski definition) is 5. The van der Waals surface area contributed by atoms with Gasteiger partial charge in [0.15, 0.2) is 5.76 Å². The van der Waals surface area contributed by atoms with Crippen molar-refractivity contribution in [3.8, 4) is 11.5 Å². The molecule has 4 rings (SSSR count). The molecule has 2 N–H and O–H groups in total. The average Bonchev–Trinajstić information content (AvgIpc) is 3.19. The second-order valence-electron chi connectivity index (χ2n) is 5.21. The molecule has 0 saturated heterocycles. The standard InChI is InChI=1S/C18H15N3OS/c1-12-14-9-5-6-10-16(14)22-17(12)15-11-23-18(19-15)21-20-13-7-3-2-4-8-13/h2-11,20H,1H3,(H,19,21). The van der Waals surface area contributed by atoms with Crippen LogP contribution in [-0.2, 0) is 0 Å². The molecule has 2 heterocycles. The Kier molecular flexibility index (Phi) is 3.48. The number of fused-ring (bicyclic) bond motifs is 1. The van der Waals surface area contributed by atoms with Crippen molar-refractivity contribution in [2.24, 2.45) is 0 Å². The van der Waals surface area contributed by atoms with Crippen molar-refractivity contribution in [1.29, 1.82) is 0 Å². The Morgan fingerprint density at radius 2 is 1.74 bits per heavy atom. The predicted molar refractivity (Wildman–Crippen MR) is 95.7 cm³/mol. The molecule has 23 heavy (non-hydrogen) atoms. The van der Waals surface area contributed by atoms with Crippen LogP contribution in [0.1, 0.15) is 5.56 Å². The first-order valence-electron chi connectivity index (χ1n) is 7.32. The van der Waals surface area contributed by atoms with Crippen LogP contribution in [0, 0.1) is 6.92 Å². The lowest BCUT2D eigenvalue weighted by atomic mass is 10.1. The van der Waals surface area contributed by atoms with Gasteiger partial charge in [0.2, 0.25) is 5.13 Å². The number of rotatable bonds is 4. The highest BCUT2D eigenvalue weighted by Gasteiger charge is 2.14. The van der Waals surface area contributed by atoms with Crippen LogP contribution in [0.2, 0.25) is 0 Å². The van der Waals surface area contributed by atoms with Gasteiger partial charge in [-0.05, 0) is 25.1 Å². The SMILES string of the molecule is Cc1c(-c2csc(NNc3ccccc3)n2)oc2ccccc12. The lowest BCUT2D eigenvalue weighted by molar-refractivity contribution is 0.627. The summed E-state index contributed by atoms with van der Waals surface area (Å²) in [5, 5.41) is 3.93. The van der Waals surface area contributed by atoms with Crippen LogP contribution in [0.25, 0.3) is 22.4 Å². The van der Waals surface area contributed by atoms with Gasteiger partial charge in [0.25, 0.3) is 0 Å². The van der Waals surface area contributed by atoms with Crippen molar-refractivity contribution in [3.63, 3.8) is 0 Å². The zero-order valence-electron chi connectivity index (χ0n) is 12.5. The zero-order valence-corrected chi connectivity index (χ0v) is 13.4. The van der Waals surface area contributed by atoms with Crippen LogP contribution in [0.15, 0.2) is 64.4 Å². The number of furan rings is 1. The van der Waals surface area contributed by atoms with E-state index >= 15 is 0 Å². The average molecular weight is 321 g/mol. The predicted octanol–water partition coefficient (Wildman–Crippen LogP) is 5.30. The van der Waals surface area contributed by atoms with Crippen molar-refractivity contribution < 1.29 is 4.42 Å². The Hall–Kier alpha value is -2.79. The van der Waals surface area contributed by atoms with E-state index in [2.05, 4.69) is 28.8 Å². The fourth-order valence-corrected chi connectivity index (χ4v) is 3.15.